The summed E-state index contributed by atoms with van der Waals surface area (Å²) in [6, 6.07) is 6.13. The van der Waals surface area contributed by atoms with Crippen LogP contribution in [0.3, 0.4) is 0 Å². The average Bonchev–Trinajstić information content (AvgIpc) is 2.38. The zero-order chi connectivity index (χ0) is 16.0. The van der Waals surface area contributed by atoms with Gasteiger partial charge in [0.25, 0.3) is 0 Å². The largest absolute Gasteiger partial charge is 0.494 e. The van der Waals surface area contributed by atoms with Crippen LogP contribution in [0.5, 0.6) is 5.75 Å². The van der Waals surface area contributed by atoms with E-state index >= 15 is 0 Å². The Balaban J connectivity index is 2.74. The van der Waals surface area contributed by atoms with E-state index in [1.165, 1.54) is 26.0 Å². The third-order valence-corrected chi connectivity index (χ3v) is 4.78. The van der Waals surface area contributed by atoms with Gasteiger partial charge >= 0.3 is 5.97 Å². The molecule has 1 aromatic rings. The summed E-state index contributed by atoms with van der Waals surface area (Å²) in [7, 11) is -3.68. The minimum Gasteiger partial charge on any atom is -0.494 e. The smallest absolute Gasteiger partial charge is 0.303 e. The van der Waals surface area contributed by atoms with Gasteiger partial charge in [0.15, 0.2) is 0 Å². The first kappa shape index (κ1) is 17.5. The molecule has 1 unspecified atom stereocenters. The van der Waals surface area contributed by atoms with Crippen molar-refractivity contribution in [3.8, 4) is 5.75 Å². The molecule has 1 aromatic carbocycles. The van der Waals surface area contributed by atoms with Crippen LogP contribution in [0.4, 0.5) is 0 Å². The molecule has 0 heterocycles. The van der Waals surface area contributed by atoms with Gasteiger partial charge in [0, 0.05) is 6.92 Å². The Morgan fingerprint density at radius 1 is 1.14 bits per heavy atom. The molecule has 0 saturated heterocycles. The number of esters is 1. The van der Waals surface area contributed by atoms with Crippen molar-refractivity contribution in [2.24, 2.45) is 5.92 Å². The highest BCUT2D eigenvalue weighted by Crippen LogP contribution is 2.21. The lowest BCUT2D eigenvalue weighted by atomic mass is 10.1. The highest BCUT2D eigenvalue weighted by molar-refractivity contribution is 7.91. The van der Waals surface area contributed by atoms with Gasteiger partial charge in [-0.1, -0.05) is 13.8 Å². The average molecular weight is 314 g/mol. The van der Waals surface area contributed by atoms with Gasteiger partial charge in [-0.2, -0.15) is 0 Å². The molecule has 118 valence electrons. The zero-order valence-corrected chi connectivity index (χ0v) is 13.6. The van der Waals surface area contributed by atoms with E-state index in [0.29, 0.717) is 18.3 Å². The van der Waals surface area contributed by atoms with Gasteiger partial charge in [-0.3, -0.25) is 4.79 Å². The van der Waals surface area contributed by atoms with Crippen LogP contribution in [-0.2, 0) is 19.4 Å². The van der Waals surface area contributed by atoms with E-state index in [1.54, 1.807) is 12.1 Å². The van der Waals surface area contributed by atoms with E-state index in [4.69, 9.17) is 9.47 Å². The van der Waals surface area contributed by atoms with Crippen LogP contribution in [0.25, 0.3) is 0 Å². The predicted octanol–water partition coefficient (Wildman–Crippen LogP) is 2.79. The van der Waals surface area contributed by atoms with E-state index in [9.17, 15) is 13.2 Å². The SMILES string of the molecule is CC(=O)OC(C)S(=O)(=O)c1ccc(OCCC(C)C)cc1. The maximum Gasteiger partial charge on any atom is 0.303 e. The normalized spacial score (nSPS) is 13.0. The fourth-order valence-corrected chi connectivity index (χ4v) is 2.79. The summed E-state index contributed by atoms with van der Waals surface area (Å²) >= 11 is 0. The fourth-order valence-electron chi connectivity index (χ4n) is 1.63. The molecule has 21 heavy (non-hydrogen) atoms. The number of hydrogen-bond donors (Lipinski definition) is 0. The summed E-state index contributed by atoms with van der Waals surface area (Å²) in [5, 5.41) is 0. The van der Waals surface area contributed by atoms with Crippen molar-refractivity contribution in [1.82, 2.24) is 0 Å². The fraction of sp³-hybridized carbons (Fsp3) is 0.533. The van der Waals surface area contributed by atoms with Crippen molar-refractivity contribution in [2.45, 2.75) is 44.4 Å². The topological polar surface area (TPSA) is 69.7 Å². The Morgan fingerprint density at radius 3 is 2.19 bits per heavy atom. The van der Waals surface area contributed by atoms with Crippen molar-refractivity contribution < 1.29 is 22.7 Å². The lowest BCUT2D eigenvalue weighted by molar-refractivity contribution is -0.142. The van der Waals surface area contributed by atoms with E-state index < -0.39 is 21.2 Å². The molecule has 6 heteroatoms. The summed E-state index contributed by atoms with van der Waals surface area (Å²) in [5.41, 5.74) is -1.21. The maximum atomic E-state index is 12.2. The van der Waals surface area contributed by atoms with Crippen molar-refractivity contribution >= 4 is 15.8 Å². The van der Waals surface area contributed by atoms with Crippen LogP contribution in [0.1, 0.15) is 34.1 Å². The monoisotopic (exact) mass is 314 g/mol. The number of hydrogen-bond acceptors (Lipinski definition) is 5. The molecule has 0 aliphatic carbocycles. The standard InChI is InChI=1S/C15H22O5S/c1-11(2)9-10-19-14-5-7-15(8-6-14)21(17,18)13(4)20-12(3)16/h5-8,11,13H,9-10H2,1-4H3. The third-order valence-electron chi connectivity index (χ3n) is 2.89. The summed E-state index contributed by atoms with van der Waals surface area (Å²) in [5.74, 6) is 0.545. The quantitative estimate of drug-likeness (QED) is 0.724. The van der Waals surface area contributed by atoms with Crippen molar-refractivity contribution in [2.75, 3.05) is 6.61 Å². The molecule has 0 N–H and O–H groups in total. The van der Waals surface area contributed by atoms with E-state index in [-0.39, 0.29) is 4.90 Å². The van der Waals surface area contributed by atoms with E-state index in [0.717, 1.165) is 6.42 Å². The number of carbonyl (C=O) groups is 1. The molecule has 1 rings (SSSR count). The molecule has 0 aromatic heterocycles. The Morgan fingerprint density at radius 2 is 1.71 bits per heavy atom. The zero-order valence-electron chi connectivity index (χ0n) is 12.8. The minimum absolute atomic E-state index is 0.104. The Kier molecular flexibility index (Phi) is 6.20. The van der Waals surface area contributed by atoms with Gasteiger partial charge in [0.05, 0.1) is 11.5 Å². The van der Waals surface area contributed by atoms with Gasteiger partial charge in [0.2, 0.25) is 15.3 Å². The summed E-state index contributed by atoms with van der Waals surface area (Å²) in [6.45, 7) is 7.32. The van der Waals surface area contributed by atoms with Crippen LogP contribution in [0.2, 0.25) is 0 Å². The number of ether oxygens (including phenoxy) is 2. The number of carbonyl (C=O) groups excluding carboxylic acids is 1. The molecule has 0 bridgehead atoms. The van der Waals surface area contributed by atoms with Crippen LogP contribution in [0, 0.1) is 5.92 Å². The minimum atomic E-state index is -3.68. The van der Waals surface area contributed by atoms with Gasteiger partial charge in [-0.25, -0.2) is 8.42 Å². The number of benzene rings is 1. The van der Waals surface area contributed by atoms with Crippen LogP contribution in [-0.4, -0.2) is 26.4 Å². The maximum absolute atomic E-state index is 12.2. The molecule has 5 nitrogen and oxygen atoms in total. The lowest BCUT2D eigenvalue weighted by Gasteiger charge is -2.13. The van der Waals surface area contributed by atoms with Crippen molar-refractivity contribution in [3.05, 3.63) is 24.3 Å². The van der Waals surface area contributed by atoms with Crippen molar-refractivity contribution in [3.63, 3.8) is 0 Å². The molecule has 0 aliphatic heterocycles. The molecule has 0 amide bonds. The van der Waals surface area contributed by atoms with Crippen LogP contribution >= 0.6 is 0 Å². The second-order valence-electron chi connectivity index (χ2n) is 5.22. The van der Waals surface area contributed by atoms with Gasteiger partial charge in [-0.15, -0.1) is 0 Å². The number of rotatable bonds is 7. The van der Waals surface area contributed by atoms with Crippen LogP contribution < -0.4 is 4.74 Å². The molecule has 0 saturated carbocycles. The molecular formula is C15H22O5S. The molecular weight excluding hydrogens is 292 g/mol. The molecule has 0 fully saturated rings. The highest BCUT2D eigenvalue weighted by atomic mass is 32.2. The Bertz CT molecular complexity index is 560. The Hall–Kier alpha value is -1.56. The first-order valence-electron chi connectivity index (χ1n) is 6.87. The highest BCUT2D eigenvalue weighted by Gasteiger charge is 2.25. The Labute approximate surface area is 126 Å². The summed E-state index contributed by atoms with van der Waals surface area (Å²) in [4.78, 5) is 11.0. The molecule has 0 spiro atoms. The predicted molar refractivity (Wildman–Crippen MR) is 79.8 cm³/mol. The van der Waals surface area contributed by atoms with Gasteiger partial charge in [0.1, 0.15) is 5.75 Å². The lowest BCUT2D eigenvalue weighted by Crippen LogP contribution is -2.23. The summed E-state index contributed by atoms with van der Waals surface area (Å²) in [6.07, 6.45) is 0.934. The molecule has 1 atom stereocenters. The first-order chi connectivity index (χ1) is 9.73. The summed E-state index contributed by atoms with van der Waals surface area (Å²) < 4.78 is 34.6. The number of sulfone groups is 1. The van der Waals surface area contributed by atoms with Crippen LogP contribution in [0.15, 0.2) is 29.2 Å². The van der Waals surface area contributed by atoms with E-state index in [1.807, 2.05) is 0 Å². The van der Waals surface area contributed by atoms with Crippen molar-refractivity contribution in [1.29, 1.82) is 0 Å². The molecule has 0 aliphatic rings. The molecule has 0 radical (unpaired) electrons. The van der Waals surface area contributed by atoms with Gasteiger partial charge in [-0.05, 0) is 43.5 Å². The first-order valence-corrected chi connectivity index (χ1v) is 8.42. The third kappa shape index (κ3) is 5.38. The second kappa shape index (κ2) is 7.45. The van der Waals surface area contributed by atoms with E-state index in [2.05, 4.69) is 13.8 Å². The van der Waals surface area contributed by atoms with Gasteiger partial charge < -0.3 is 9.47 Å². The second-order valence-corrected chi connectivity index (χ2v) is 7.45.